The fourth-order valence-corrected chi connectivity index (χ4v) is 1.24. The third kappa shape index (κ3) is 4.70. The van der Waals surface area contributed by atoms with Crippen molar-refractivity contribution < 1.29 is 9.84 Å². The Morgan fingerprint density at radius 2 is 2.00 bits per heavy atom. The van der Waals surface area contributed by atoms with Gasteiger partial charge >= 0.3 is 0 Å². The highest BCUT2D eigenvalue weighted by atomic mass is 16.6. The molecule has 0 bridgehead atoms. The highest BCUT2D eigenvalue weighted by molar-refractivity contribution is 4.67. The van der Waals surface area contributed by atoms with Crippen molar-refractivity contribution in [3.05, 3.63) is 0 Å². The molecule has 3 heteroatoms. The first-order valence-electron chi connectivity index (χ1n) is 4.51. The van der Waals surface area contributed by atoms with Crippen molar-refractivity contribution in [3.63, 3.8) is 0 Å². The summed E-state index contributed by atoms with van der Waals surface area (Å²) in [5.41, 5.74) is 5.54. The molecule has 2 unspecified atom stereocenters. The Morgan fingerprint density at radius 1 is 1.50 bits per heavy atom. The summed E-state index contributed by atoms with van der Waals surface area (Å²) in [6.45, 7) is 7.88. The van der Waals surface area contributed by atoms with Crippen molar-refractivity contribution in [1.29, 1.82) is 0 Å². The van der Waals surface area contributed by atoms with E-state index < -0.39 is 5.79 Å². The van der Waals surface area contributed by atoms with Crippen LogP contribution in [0.15, 0.2) is 0 Å². The van der Waals surface area contributed by atoms with Crippen molar-refractivity contribution in [2.75, 3.05) is 6.54 Å². The Bertz CT molecular complexity index is 116. The van der Waals surface area contributed by atoms with Crippen molar-refractivity contribution >= 4 is 0 Å². The van der Waals surface area contributed by atoms with Gasteiger partial charge < -0.3 is 15.6 Å². The lowest BCUT2D eigenvalue weighted by molar-refractivity contribution is -0.211. The van der Waals surface area contributed by atoms with E-state index in [2.05, 4.69) is 6.92 Å². The van der Waals surface area contributed by atoms with Crippen LogP contribution in [-0.4, -0.2) is 23.5 Å². The van der Waals surface area contributed by atoms with Gasteiger partial charge in [-0.15, -0.1) is 0 Å². The number of hydrogen-bond donors (Lipinski definition) is 2. The van der Waals surface area contributed by atoms with Gasteiger partial charge in [-0.25, -0.2) is 0 Å². The molecule has 0 aliphatic rings. The average Bonchev–Trinajstić information content (AvgIpc) is 1.85. The largest absolute Gasteiger partial charge is 0.366 e. The summed E-state index contributed by atoms with van der Waals surface area (Å²) < 4.78 is 5.36. The highest BCUT2D eigenvalue weighted by Crippen LogP contribution is 2.16. The van der Waals surface area contributed by atoms with Crippen LogP contribution in [-0.2, 0) is 4.74 Å². The molecule has 0 aliphatic carbocycles. The summed E-state index contributed by atoms with van der Waals surface area (Å²) in [6.07, 6.45) is 0.994. The zero-order valence-electron chi connectivity index (χ0n) is 8.50. The van der Waals surface area contributed by atoms with E-state index in [4.69, 9.17) is 10.5 Å². The number of hydrogen-bond acceptors (Lipinski definition) is 3. The lowest BCUT2D eigenvalue weighted by Gasteiger charge is -2.28. The Morgan fingerprint density at radius 3 is 2.25 bits per heavy atom. The Hall–Kier alpha value is -0.120. The molecular formula is C9H21NO2. The predicted molar refractivity (Wildman–Crippen MR) is 49.7 cm³/mol. The number of nitrogens with two attached hydrogens (primary N) is 1. The van der Waals surface area contributed by atoms with E-state index in [0.717, 1.165) is 6.42 Å². The molecular weight excluding hydrogens is 154 g/mol. The van der Waals surface area contributed by atoms with Gasteiger partial charge in [0.2, 0.25) is 0 Å². The molecule has 2 atom stereocenters. The van der Waals surface area contributed by atoms with Crippen molar-refractivity contribution in [1.82, 2.24) is 0 Å². The summed E-state index contributed by atoms with van der Waals surface area (Å²) in [5, 5.41) is 9.36. The predicted octanol–water partition coefficient (Wildman–Crippen LogP) is 1.10. The third-order valence-electron chi connectivity index (χ3n) is 1.97. The summed E-state index contributed by atoms with van der Waals surface area (Å²) in [6, 6.07) is 0. The van der Waals surface area contributed by atoms with Gasteiger partial charge in [0.15, 0.2) is 5.79 Å². The molecule has 0 radical (unpaired) electrons. The molecule has 0 saturated heterocycles. The lowest BCUT2D eigenvalue weighted by Crippen LogP contribution is -2.35. The Kier molecular flexibility index (Phi) is 4.75. The average molecular weight is 175 g/mol. The minimum atomic E-state index is -1.05. The molecule has 0 aromatic rings. The van der Waals surface area contributed by atoms with Crippen LogP contribution in [0.3, 0.4) is 0 Å². The molecule has 0 saturated carbocycles. The van der Waals surface area contributed by atoms with Gasteiger partial charge in [-0.2, -0.15) is 0 Å². The van der Waals surface area contributed by atoms with Crippen LogP contribution < -0.4 is 5.73 Å². The van der Waals surface area contributed by atoms with E-state index in [1.807, 2.05) is 6.92 Å². The van der Waals surface area contributed by atoms with Gasteiger partial charge in [0.1, 0.15) is 0 Å². The van der Waals surface area contributed by atoms with Gasteiger partial charge in [0.25, 0.3) is 0 Å². The molecule has 0 rings (SSSR count). The zero-order valence-corrected chi connectivity index (χ0v) is 8.50. The first kappa shape index (κ1) is 11.9. The van der Waals surface area contributed by atoms with E-state index in [-0.39, 0.29) is 6.10 Å². The highest BCUT2D eigenvalue weighted by Gasteiger charge is 2.22. The monoisotopic (exact) mass is 175 g/mol. The Balaban J connectivity index is 3.92. The van der Waals surface area contributed by atoms with E-state index >= 15 is 0 Å². The maximum atomic E-state index is 9.36. The van der Waals surface area contributed by atoms with Crippen LogP contribution in [0.2, 0.25) is 0 Å². The van der Waals surface area contributed by atoms with Crippen LogP contribution in [0.5, 0.6) is 0 Å². The van der Waals surface area contributed by atoms with Crippen LogP contribution in [0.1, 0.15) is 34.1 Å². The SMILES string of the molecule is CCC(CN)C(C)OC(C)(C)O. The first-order chi connectivity index (χ1) is 5.40. The summed E-state index contributed by atoms with van der Waals surface area (Å²) >= 11 is 0. The fourth-order valence-electron chi connectivity index (χ4n) is 1.24. The third-order valence-corrected chi connectivity index (χ3v) is 1.97. The van der Waals surface area contributed by atoms with E-state index in [0.29, 0.717) is 12.5 Å². The second-order valence-corrected chi connectivity index (χ2v) is 3.67. The van der Waals surface area contributed by atoms with Gasteiger partial charge in [-0.05, 0) is 39.7 Å². The van der Waals surface area contributed by atoms with Gasteiger partial charge in [-0.3, -0.25) is 0 Å². The topological polar surface area (TPSA) is 55.5 Å². The van der Waals surface area contributed by atoms with E-state index in [9.17, 15) is 5.11 Å². The van der Waals surface area contributed by atoms with Crippen LogP contribution in [0.25, 0.3) is 0 Å². The molecule has 0 aromatic heterocycles. The molecule has 3 N–H and O–H groups in total. The molecule has 0 aromatic carbocycles. The maximum Gasteiger partial charge on any atom is 0.160 e. The molecule has 3 nitrogen and oxygen atoms in total. The van der Waals surface area contributed by atoms with Crippen molar-refractivity contribution in [2.24, 2.45) is 11.7 Å². The van der Waals surface area contributed by atoms with Gasteiger partial charge in [0.05, 0.1) is 6.10 Å². The van der Waals surface area contributed by atoms with E-state index in [1.54, 1.807) is 13.8 Å². The molecule has 74 valence electrons. The van der Waals surface area contributed by atoms with Crippen LogP contribution in [0.4, 0.5) is 0 Å². The van der Waals surface area contributed by atoms with Crippen molar-refractivity contribution in [3.8, 4) is 0 Å². The summed E-state index contributed by atoms with van der Waals surface area (Å²) in [7, 11) is 0. The van der Waals surface area contributed by atoms with Crippen LogP contribution >= 0.6 is 0 Å². The minimum absolute atomic E-state index is 0.0139. The molecule has 0 heterocycles. The number of rotatable bonds is 5. The van der Waals surface area contributed by atoms with Gasteiger partial charge in [-0.1, -0.05) is 6.92 Å². The number of ether oxygens (including phenoxy) is 1. The summed E-state index contributed by atoms with van der Waals surface area (Å²) in [4.78, 5) is 0. The van der Waals surface area contributed by atoms with E-state index in [1.165, 1.54) is 0 Å². The molecule has 0 spiro atoms. The quantitative estimate of drug-likeness (QED) is 0.615. The normalized spacial score (nSPS) is 17.5. The lowest BCUT2D eigenvalue weighted by atomic mass is 10.0. The Labute approximate surface area is 74.9 Å². The zero-order chi connectivity index (χ0) is 9.78. The van der Waals surface area contributed by atoms with Crippen LogP contribution in [0, 0.1) is 5.92 Å². The standard InChI is InChI=1S/C9H21NO2/c1-5-8(6-10)7(2)12-9(3,4)11/h7-8,11H,5-6,10H2,1-4H3. The molecule has 0 aliphatic heterocycles. The first-order valence-corrected chi connectivity index (χ1v) is 4.51. The molecule has 12 heavy (non-hydrogen) atoms. The summed E-state index contributed by atoms with van der Waals surface area (Å²) in [5.74, 6) is -0.724. The molecule has 0 fully saturated rings. The number of aliphatic hydroxyl groups is 1. The molecule has 0 amide bonds. The van der Waals surface area contributed by atoms with Crippen molar-refractivity contribution in [2.45, 2.75) is 46.0 Å². The minimum Gasteiger partial charge on any atom is -0.366 e. The second-order valence-electron chi connectivity index (χ2n) is 3.67. The second kappa shape index (κ2) is 4.80. The fraction of sp³-hybridized carbons (Fsp3) is 1.00. The smallest absolute Gasteiger partial charge is 0.160 e. The van der Waals surface area contributed by atoms with Gasteiger partial charge in [0, 0.05) is 0 Å². The maximum absolute atomic E-state index is 9.36.